The Labute approximate surface area is 173 Å². The Morgan fingerprint density at radius 1 is 1.24 bits per heavy atom. The molecule has 3 rings (SSSR count). The van der Waals surface area contributed by atoms with Crippen LogP contribution in [0.25, 0.3) is 11.0 Å². The summed E-state index contributed by atoms with van der Waals surface area (Å²) in [6.07, 6.45) is 4.87. The largest absolute Gasteiger partial charge is 0.460 e. The van der Waals surface area contributed by atoms with Crippen LogP contribution in [0.4, 0.5) is 0 Å². The van der Waals surface area contributed by atoms with E-state index in [2.05, 4.69) is 17.1 Å². The van der Waals surface area contributed by atoms with Gasteiger partial charge in [0.15, 0.2) is 0 Å². The molecule has 29 heavy (non-hydrogen) atoms. The third-order valence-corrected chi connectivity index (χ3v) is 5.87. The number of hydrogen-bond donors (Lipinski definition) is 1. The molecule has 6 nitrogen and oxygen atoms in total. The van der Waals surface area contributed by atoms with Crippen molar-refractivity contribution >= 4 is 22.8 Å². The first kappa shape index (κ1) is 21.4. The Hall–Kier alpha value is -2.34. The van der Waals surface area contributed by atoms with Gasteiger partial charge in [0.2, 0.25) is 5.91 Å². The predicted octanol–water partition coefficient (Wildman–Crippen LogP) is 3.31. The van der Waals surface area contributed by atoms with Crippen molar-refractivity contribution in [3.63, 3.8) is 0 Å². The van der Waals surface area contributed by atoms with Gasteiger partial charge in [0.25, 0.3) is 5.91 Å². The monoisotopic (exact) mass is 399 g/mol. The van der Waals surface area contributed by atoms with Gasteiger partial charge in [-0.25, -0.2) is 0 Å². The molecule has 2 aromatic rings. The van der Waals surface area contributed by atoms with E-state index in [4.69, 9.17) is 4.42 Å². The SMILES string of the molecule is CCCCc1oc2ccccc2c1C(=O)N(C)CC1CCN(CC(=O)NC)CC1. The summed E-state index contributed by atoms with van der Waals surface area (Å²) in [5, 5.41) is 3.59. The number of likely N-dealkylation sites (N-methyl/N-ethyl adjacent to an activating group) is 1. The molecule has 0 bridgehead atoms. The molecular weight excluding hydrogens is 366 g/mol. The maximum absolute atomic E-state index is 13.3. The fraction of sp³-hybridized carbons (Fsp3) is 0.565. The summed E-state index contributed by atoms with van der Waals surface area (Å²) in [5.74, 6) is 1.38. The molecule has 0 saturated carbocycles. The van der Waals surface area contributed by atoms with Gasteiger partial charge in [-0.05, 0) is 44.3 Å². The van der Waals surface area contributed by atoms with Crippen molar-refractivity contribution in [1.29, 1.82) is 0 Å². The quantitative estimate of drug-likeness (QED) is 0.740. The Bertz CT molecular complexity index is 837. The van der Waals surface area contributed by atoms with Crippen LogP contribution in [0.1, 0.15) is 48.7 Å². The molecule has 1 aromatic carbocycles. The van der Waals surface area contributed by atoms with Gasteiger partial charge >= 0.3 is 0 Å². The molecule has 2 heterocycles. The number of piperidine rings is 1. The number of amides is 2. The fourth-order valence-corrected chi connectivity index (χ4v) is 4.11. The second kappa shape index (κ2) is 9.92. The van der Waals surface area contributed by atoms with Crippen molar-refractivity contribution < 1.29 is 14.0 Å². The lowest BCUT2D eigenvalue weighted by atomic mass is 9.96. The van der Waals surface area contributed by atoms with Crippen LogP contribution in [-0.4, -0.2) is 61.9 Å². The van der Waals surface area contributed by atoms with E-state index < -0.39 is 0 Å². The lowest BCUT2D eigenvalue weighted by Gasteiger charge is -2.33. The van der Waals surface area contributed by atoms with E-state index in [9.17, 15) is 9.59 Å². The Balaban J connectivity index is 1.65. The number of rotatable bonds is 8. The van der Waals surface area contributed by atoms with Gasteiger partial charge in [-0.3, -0.25) is 14.5 Å². The first-order chi connectivity index (χ1) is 14.0. The number of hydrogen-bond acceptors (Lipinski definition) is 4. The molecule has 1 aliphatic rings. The molecule has 1 saturated heterocycles. The fourth-order valence-electron chi connectivity index (χ4n) is 4.11. The highest BCUT2D eigenvalue weighted by molar-refractivity contribution is 6.07. The van der Waals surface area contributed by atoms with Crippen molar-refractivity contribution in [3.05, 3.63) is 35.6 Å². The number of furan rings is 1. The lowest BCUT2D eigenvalue weighted by Crippen LogP contribution is -2.43. The Morgan fingerprint density at radius 2 is 1.97 bits per heavy atom. The summed E-state index contributed by atoms with van der Waals surface area (Å²) < 4.78 is 6.03. The van der Waals surface area contributed by atoms with Crippen LogP contribution in [0.5, 0.6) is 0 Å². The Morgan fingerprint density at radius 3 is 2.66 bits per heavy atom. The zero-order valence-corrected chi connectivity index (χ0v) is 17.9. The number of aryl methyl sites for hydroxylation is 1. The van der Waals surface area contributed by atoms with Crippen molar-refractivity contribution in [3.8, 4) is 0 Å². The van der Waals surface area contributed by atoms with Crippen LogP contribution < -0.4 is 5.32 Å². The zero-order chi connectivity index (χ0) is 20.8. The van der Waals surface area contributed by atoms with Crippen molar-refractivity contribution in [2.24, 2.45) is 5.92 Å². The van der Waals surface area contributed by atoms with Gasteiger partial charge in [-0.1, -0.05) is 31.5 Å². The second-order valence-corrected chi connectivity index (χ2v) is 8.08. The normalized spacial score (nSPS) is 15.6. The minimum Gasteiger partial charge on any atom is -0.460 e. The van der Waals surface area contributed by atoms with E-state index in [1.807, 2.05) is 36.2 Å². The number of nitrogens with one attached hydrogen (secondary N) is 1. The number of carbonyl (C=O) groups is 2. The van der Waals surface area contributed by atoms with Crippen LogP contribution in [0.3, 0.4) is 0 Å². The van der Waals surface area contributed by atoms with Gasteiger partial charge < -0.3 is 14.6 Å². The summed E-state index contributed by atoms with van der Waals surface area (Å²) in [7, 11) is 3.56. The number of benzene rings is 1. The van der Waals surface area contributed by atoms with Crippen LogP contribution in [0.15, 0.2) is 28.7 Å². The van der Waals surface area contributed by atoms with Gasteiger partial charge in [0.05, 0.1) is 12.1 Å². The molecule has 0 spiro atoms. The highest BCUT2D eigenvalue weighted by atomic mass is 16.3. The summed E-state index contributed by atoms with van der Waals surface area (Å²) in [5.41, 5.74) is 1.52. The van der Waals surface area contributed by atoms with Gasteiger partial charge in [-0.15, -0.1) is 0 Å². The standard InChI is InChI=1S/C23H33N3O3/c1-4-5-9-20-22(18-8-6-7-10-19(18)29-20)23(28)25(3)15-17-11-13-26(14-12-17)16-21(27)24-2/h6-8,10,17H,4-5,9,11-16H2,1-3H3,(H,24,27). The first-order valence-corrected chi connectivity index (χ1v) is 10.7. The summed E-state index contributed by atoms with van der Waals surface area (Å²) in [6, 6.07) is 7.82. The van der Waals surface area contributed by atoms with Crippen molar-refractivity contribution in [1.82, 2.24) is 15.1 Å². The maximum Gasteiger partial charge on any atom is 0.257 e. The van der Waals surface area contributed by atoms with Gasteiger partial charge in [0, 0.05) is 32.4 Å². The molecule has 1 aromatic heterocycles. The highest BCUT2D eigenvalue weighted by Gasteiger charge is 2.27. The minimum atomic E-state index is 0.0499. The van der Waals surface area contributed by atoms with E-state index in [0.29, 0.717) is 12.5 Å². The summed E-state index contributed by atoms with van der Waals surface area (Å²) >= 11 is 0. The van der Waals surface area contributed by atoms with E-state index in [1.54, 1.807) is 7.05 Å². The number of unbranched alkanes of at least 4 members (excludes halogenated alkanes) is 1. The smallest absolute Gasteiger partial charge is 0.257 e. The average Bonchev–Trinajstić information content (AvgIpc) is 3.11. The molecule has 0 aliphatic carbocycles. The van der Waals surface area contributed by atoms with E-state index in [-0.39, 0.29) is 11.8 Å². The molecule has 1 N–H and O–H groups in total. The minimum absolute atomic E-state index is 0.0499. The van der Waals surface area contributed by atoms with Crippen LogP contribution in [-0.2, 0) is 11.2 Å². The number of carbonyl (C=O) groups excluding carboxylic acids is 2. The predicted molar refractivity (Wildman–Crippen MR) is 115 cm³/mol. The molecule has 1 fully saturated rings. The molecular formula is C23H33N3O3. The average molecular weight is 400 g/mol. The van der Waals surface area contributed by atoms with E-state index in [1.165, 1.54) is 0 Å². The van der Waals surface area contributed by atoms with Crippen LogP contribution >= 0.6 is 0 Å². The lowest BCUT2D eigenvalue weighted by molar-refractivity contribution is -0.122. The zero-order valence-electron chi connectivity index (χ0n) is 17.9. The van der Waals surface area contributed by atoms with Crippen molar-refractivity contribution in [2.45, 2.75) is 39.0 Å². The maximum atomic E-state index is 13.3. The molecule has 158 valence electrons. The molecule has 0 radical (unpaired) electrons. The van der Waals surface area contributed by atoms with Crippen LogP contribution in [0, 0.1) is 5.92 Å². The third-order valence-electron chi connectivity index (χ3n) is 5.87. The number of para-hydroxylation sites is 1. The van der Waals surface area contributed by atoms with Crippen molar-refractivity contribution in [2.75, 3.05) is 40.3 Å². The molecule has 2 amide bonds. The Kier molecular flexibility index (Phi) is 7.31. The topological polar surface area (TPSA) is 65.8 Å². The first-order valence-electron chi connectivity index (χ1n) is 10.7. The summed E-state index contributed by atoms with van der Waals surface area (Å²) in [4.78, 5) is 28.9. The molecule has 6 heteroatoms. The second-order valence-electron chi connectivity index (χ2n) is 8.08. The third kappa shape index (κ3) is 5.18. The number of likely N-dealkylation sites (tertiary alicyclic amines) is 1. The van der Waals surface area contributed by atoms with E-state index >= 15 is 0 Å². The van der Waals surface area contributed by atoms with E-state index in [0.717, 1.165) is 74.0 Å². The summed E-state index contributed by atoms with van der Waals surface area (Å²) in [6.45, 7) is 5.14. The van der Waals surface area contributed by atoms with Gasteiger partial charge in [0.1, 0.15) is 11.3 Å². The number of fused-ring (bicyclic) bond motifs is 1. The van der Waals surface area contributed by atoms with Crippen LogP contribution in [0.2, 0.25) is 0 Å². The highest BCUT2D eigenvalue weighted by Crippen LogP contribution is 2.29. The molecule has 0 atom stereocenters. The molecule has 0 unspecified atom stereocenters. The molecule has 1 aliphatic heterocycles. The number of nitrogens with zero attached hydrogens (tertiary/aromatic N) is 2. The van der Waals surface area contributed by atoms with Gasteiger partial charge in [-0.2, -0.15) is 0 Å².